The number of carbonyl (C=O) groups is 1. The van der Waals surface area contributed by atoms with Crippen molar-refractivity contribution in [3.05, 3.63) is 35.3 Å². The van der Waals surface area contributed by atoms with E-state index in [0.717, 1.165) is 35.4 Å². The van der Waals surface area contributed by atoms with Crippen LogP contribution in [0.3, 0.4) is 0 Å². The van der Waals surface area contributed by atoms with Crippen LogP contribution in [0.5, 0.6) is 0 Å². The molecular weight excluding hydrogens is 362 g/mol. The van der Waals surface area contributed by atoms with Crippen LogP contribution in [-0.4, -0.2) is 50.3 Å². The molecule has 0 radical (unpaired) electrons. The molecular formula is C20H28N3O3S+. The molecule has 1 amide bonds. The van der Waals surface area contributed by atoms with E-state index in [4.69, 9.17) is 14.5 Å². The molecule has 1 aliphatic heterocycles. The van der Waals surface area contributed by atoms with Crippen LogP contribution in [0.15, 0.2) is 24.2 Å². The Morgan fingerprint density at radius 3 is 2.70 bits per heavy atom. The summed E-state index contributed by atoms with van der Waals surface area (Å²) in [6.45, 7) is 12.8. The minimum Gasteiger partial charge on any atom is -0.494 e. The first-order valence-corrected chi connectivity index (χ1v) is 10.3. The van der Waals surface area contributed by atoms with Gasteiger partial charge in [-0.1, -0.05) is 17.4 Å². The zero-order chi connectivity index (χ0) is 19.4. The summed E-state index contributed by atoms with van der Waals surface area (Å²) in [4.78, 5) is 21.1. The average molecular weight is 391 g/mol. The predicted molar refractivity (Wildman–Crippen MR) is 108 cm³/mol. The summed E-state index contributed by atoms with van der Waals surface area (Å²) in [7, 11) is 0. The van der Waals surface area contributed by atoms with Crippen LogP contribution in [0.4, 0.5) is 5.13 Å². The van der Waals surface area contributed by atoms with Crippen LogP contribution >= 0.6 is 11.3 Å². The number of nitrogens with zero attached hydrogens (tertiary/aromatic N) is 2. The molecule has 2 heterocycles. The second kappa shape index (κ2) is 8.71. The van der Waals surface area contributed by atoms with Gasteiger partial charge in [-0.25, -0.2) is 4.98 Å². The maximum Gasteiger partial charge on any atom is 0.298 e. The third kappa shape index (κ3) is 4.42. The number of ether oxygens (including phenoxy) is 2. The molecule has 0 fully saturated rings. The van der Waals surface area contributed by atoms with Crippen molar-refractivity contribution in [2.45, 2.75) is 27.7 Å². The zero-order valence-electron chi connectivity index (χ0n) is 16.5. The van der Waals surface area contributed by atoms with E-state index in [1.165, 1.54) is 16.7 Å². The zero-order valence-corrected chi connectivity index (χ0v) is 17.3. The Kier molecular flexibility index (Phi) is 6.34. The second-order valence-electron chi connectivity index (χ2n) is 6.79. The van der Waals surface area contributed by atoms with Gasteiger partial charge in [0.1, 0.15) is 19.5 Å². The van der Waals surface area contributed by atoms with Crippen molar-refractivity contribution in [3.8, 4) is 0 Å². The fourth-order valence-corrected chi connectivity index (χ4v) is 4.41. The van der Waals surface area contributed by atoms with Crippen LogP contribution < -0.4 is 9.80 Å². The molecule has 0 saturated heterocycles. The topological polar surface area (TPSA) is 56.1 Å². The number of hydrogen-bond donors (Lipinski definition) is 1. The lowest BCUT2D eigenvalue weighted by molar-refractivity contribution is -0.894. The van der Waals surface area contributed by atoms with E-state index < -0.39 is 0 Å². The van der Waals surface area contributed by atoms with Gasteiger partial charge in [0.05, 0.1) is 36.4 Å². The highest BCUT2D eigenvalue weighted by Gasteiger charge is 2.27. The molecule has 3 rings (SSSR count). The number of rotatable bonds is 7. The van der Waals surface area contributed by atoms with Crippen molar-refractivity contribution >= 4 is 32.6 Å². The van der Waals surface area contributed by atoms with Gasteiger partial charge in [-0.15, -0.1) is 0 Å². The summed E-state index contributed by atoms with van der Waals surface area (Å²) >= 11 is 1.55. The molecule has 1 aliphatic rings. The van der Waals surface area contributed by atoms with Crippen molar-refractivity contribution < 1.29 is 19.2 Å². The molecule has 0 atom stereocenters. The van der Waals surface area contributed by atoms with Crippen molar-refractivity contribution in [1.82, 2.24) is 4.98 Å². The van der Waals surface area contributed by atoms with E-state index in [0.29, 0.717) is 24.9 Å². The standard InChI is InChI=1S/C20H27N3O3S/c1-5-22(6-2)7-8-23(19(24)16-13-25-9-10-26-16)20-21-18-15(4)11-14(3)12-17(18)27-20/h11-13H,5-10H2,1-4H3/p+1. The lowest BCUT2D eigenvalue weighted by Gasteiger charge is -2.24. The number of anilines is 1. The van der Waals surface area contributed by atoms with Gasteiger partial charge in [0.2, 0.25) is 5.76 Å². The largest absolute Gasteiger partial charge is 0.494 e. The molecule has 1 aromatic heterocycles. The fourth-order valence-electron chi connectivity index (χ4n) is 3.25. The summed E-state index contributed by atoms with van der Waals surface area (Å²) in [5.74, 6) is 0.0673. The normalized spacial score (nSPS) is 14.0. The smallest absolute Gasteiger partial charge is 0.298 e. The molecule has 0 unspecified atom stereocenters. The first-order chi connectivity index (χ1) is 13.0. The number of nitrogens with one attached hydrogen (secondary N) is 1. The van der Waals surface area contributed by atoms with Crippen molar-refractivity contribution in [3.63, 3.8) is 0 Å². The quantitative estimate of drug-likeness (QED) is 0.786. The van der Waals surface area contributed by atoms with E-state index >= 15 is 0 Å². The maximum absolute atomic E-state index is 13.1. The monoisotopic (exact) mass is 390 g/mol. The van der Waals surface area contributed by atoms with Crippen molar-refractivity contribution in [2.24, 2.45) is 0 Å². The fraction of sp³-hybridized carbons (Fsp3) is 0.500. The van der Waals surface area contributed by atoms with Gasteiger partial charge in [0, 0.05) is 0 Å². The van der Waals surface area contributed by atoms with Gasteiger partial charge in [-0.3, -0.25) is 9.69 Å². The number of thiazole rings is 1. The predicted octanol–water partition coefficient (Wildman–Crippen LogP) is 2.06. The summed E-state index contributed by atoms with van der Waals surface area (Å²) in [6.07, 6.45) is 1.42. The Bertz CT molecular complexity index is 842. The summed E-state index contributed by atoms with van der Waals surface area (Å²) in [5.41, 5.74) is 3.29. The first kappa shape index (κ1) is 19.6. The van der Waals surface area contributed by atoms with Crippen LogP contribution in [0.25, 0.3) is 10.2 Å². The van der Waals surface area contributed by atoms with Gasteiger partial charge < -0.3 is 14.4 Å². The van der Waals surface area contributed by atoms with Gasteiger partial charge in [-0.2, -0.15) is 0 Å². The SMILES string of the molecule is CC[NH+](CC)CCN(C(=O)C1=COCCO1)c1nc2c(C)cc(C)cc2s1. The highest BCUT2D eigenvalue weighted by atomic mass is 32.1. The van der Waals surface area contributed by atoms with Crippen molar-refractivity contribution in [1.29, 1.82) is 0 Å². The number of hydrogen-bond acceptors (Lipinski definition) is 5. The van der Waals surface area contributed by atoms with E-state index in [1.54, 1.807) is 16.2 Å². The third-order valence-electron chi connectivity index (χ3n) is 4.84. The molecule has 0 bridgehead atoms. The third-order valence-corrected chi connectivity index (χ3v) is 5.87. The molecule has 0 spiro atoms. The molecule has 1 N–H and O–H groups in total. The number of aryl methyl sites for hydroxylation is 2. The van der Waals surface area contributed by atoms with Crippen LogP contribution in [0.2, 0.25) is 0 Å². The van der Waals surface area contributed by atoms with E-state index in [2.05, 4.69) is 39.8 Å². The maximum atomic E-state index is 13.1. The van der Waals surface area contributed by atoms with E-state index in [9.17, 15) is 4.79 Å². The molecule has 1 aromatic carbocycles. The average Bonchev–Trinajstić information content (AvgIpc) is 3.09. The number of benzene rings is 1. The molecule has 0 saturated carbocycles. The minimum atomic E-state index is -0.185. The highest BCUT2D eigenvalue weighted by molar-refractivity contribution is 7.22. The Morgan fingerprint density at radius 1 is 1.26 bits per heavy atom. The Balaban J connectivity index is 1.94. The molecule has 27 heavy (non-hydrogen) atoms. The van der Waals surface area contributed by atoms with E-state index in [-0.39, 0.29) is 11.7 Å². The van der Waals surface area contributed by atoms with Crippen molar-refractivity contribution in [2.75, 3.05) is 44.3 Å². The Hall–Kier alpha value is -2.12. The second-order valence-corrected chi connectivity index (χ2v) is 7.80. The number of amides is 1. The van der Waals surface area contributed by atoms with Crippen LogP contribution in [0, 0.1) is 13.8 Å². The summed E-state index contributed by atoms with van der Waals surface area (Å²) < 4.78 is 11.9. The minimum absolute atomic E-state index is 0.185. The molecule has 7 heteroatoms. The Labute approximate surface area is 164 Å². The summed E-state index contributed by atoms with van der Waals surface area (Å²) in [5, 5.41) is 0.713. The van der Waals surface area contributed by atoms with Gasteiger partial charge in [-0.05, 0) is 44.9 Å². The molecule has 6 nitrogen and oxygen atoms in total. The highest BCUT2D eigenvalue weighted by Crippen LogP contribution is 2.32. The van der Waals surface area contributed by atoms with Crippen LogP contribution in [0.1, 0.15) is 25.0 Å². The summed E-state index contributed by atoms with van der Waals surface area (Å²) in [6, 6.07) is 4.25. The number of fused-ring (bicyclic) bond motifs is 1. The molecule has 0 aliphatic carbocycles. The first-order valence-electron chi connectivity index (χ1n) is 9.51. The number of aromatic nitrogens is 1. The van der Waals surface area contributed by atoms with Gasteiger partial charge in [0.15, 0.2) is 5.13 Å². The Morgan fingerprint density at radius 2 is 2.04 bits per heavy atom. The number of quaternary nitrogens is 1. The van der Waals surface area contributed by atoms with Crippen LogP contribution in [-0.2, 0) is 14.3 Å². The van der Waals surface area contributed by atoms with Gasteiger partial charge >= 0.3 is 0 Å². The molecule has 2 aromatic rings. The lowest BCUT2D eigenvalue weighted by atomic mass is 10.1. The molecule has 146 valence electrons. The van der Waals surface area contributed by atoms with Gasteiger partial charge in [0.25, 0.3) is 5.91 Å². The number of likely N-dealkylation sites (N-methyl/N-ethyl adjacent to an activating group) is 1. The van der Waals surface area contributed by atoms with E-state index in [1.807, 2.05) is 0 Å². The number of carbonyl (C=O) groups excluding carboxylic acids is 1. The lowest BCUT2D eigenvalue weighted by Crippen LogP contribution is -3.12.